The topological polar surface area (TPSA) is 89.4 Å². The number of pyridine rings is 2. The molecular weight excluding hydrogens is 336 g/mol. The van der Waals surface area contributed by atoms with Crippen LogP contribution < -0.4 is 10.6 Å². The number of hydrogen-bond donors (Lipinski definition) is 3. The maximum absolute atomic E-state index is 9.32. The molecule has 0 aliphatic rings. The number of aryl methyl sites for hydroxylation is 1. The van der Waals surface area contributed by atoms with Crippen LogP contribution in [-0.4, -0.2) is 15.0 Å². The van der Waals surface area contributed by atoms with Gasteiger partial charge in [0.15, 0.2) is 0 Å². The molecule has 6 nitrogen and oxygen atoms in total. The van der Waals surface area contributed by atoms with Gasteiger partial charge in [-0.15, -0.1) is 0 Å². The normalized spacial score (nSPS) is 10.5. The van der Waals surface area contributed by atoms with Crippen LogP contribution in [0.25, 0.3) is 10.9 Å². The highest BCUT2D eigenvalue weighted by atomic mass is 15.0. The van der Waals surface area contributed by atoms with Crippen LogP contribution in [0.2, 0.25) is 0 Å². The molecule has 0 saturated carbocycles. The molecule has 3 N–H and O–H groups in total. The maximum atomic E-state index is 9.32. The van der Waals surface area contributed by atoms with Gasteiger partial charge in [-0.05, 0) is 48.2 Å². The summed E-state index contributed by atoms with van der Waals surface area (Å²) in [4.78, 5) is 11.9. The van der Waals surface area contributed by atoms with Crippen LogP contribution in [0.1, 0.15) is 18.3 Å². The van der Waals surface area contributed by atoms with E-state index in [1.165, 1.54) is 0 Å². The summed E-state index contributed by atoms with van der Waals surface area (Å²) in [6, 6.07) is 17.7. The zero-order valence-electron chi connectivity index (χ0n) is 14.8. The fraction of sp³-hybridized carbons (Fsp3) is 0.0952. The summed E-state index contributed by atoms with van der Waals surface area (Å²) < 4.78 is 0. The van der Waals surface area contributed by atoms with Crippen LogP contribution >= 0.6 is 0 Å². The lowest BCUT2D eigenvalue weighted by Crippen LogP contribution is -1.99. The van der Waals surface area contributed by atoms with E-state index in [-0.39, 0.29) is 0 Å². The van der Waals surface area contributed by atoms with Crippen molar-refractivity contribution in [3.63, 3.8) is 0 Å². The van der Waals surface area contributed by atoms with Gasteiger partial charge in [-0.1, -0.05) is 13.0 Å². The van der Waals surface area contributed by atoms with Gasteiger partial charge < -0.3 is 15.6 Å². The molecule has 0 atom stereocenters. The lowest BCUT2D eigenvalue weighted by molar-refractivity contribution is 1.04. The minimum atomic E-state index is 0.335. The number of nitrogens with one attached hydrogen (secondary N) is 3. The van der Waals surface area contributed by atoms with Gasteiger partial charge in [0.05, 0.1) is 11.9 Å². The second-order valence-corrected chi connectivity index (χ2v) is 6.16. The number of hydrogen-bond acceptors (Lipinski definition) is 5. The van der Waals surface area contributed by atoms with Crippen molar-refractivity contribution >= 4 is 33.8 Å². The largest absolute Gasteiger partial charge is 0.361 e. The van der Waals surface area contributed by atoms with E-state index in [1.54, 1.807) is 12.3 Å². The highest BCUT2D eigenvalue weighted by Gasteiger charge is 2.05. The summed E-state index contributed by atoms with van der Waals surface area (Å²) in [5.41, 5.74) is 4.94. The third-order valence-corrected chi connectivity index (χ3v) is 4.24. The Hall–Kier alpha value is -3.85. The third-order valence-electron chi connectivity index (χ3n) is 4.24. The molecule has 0 saturated heterocycles. The Balaban J connectivity index is 1.60. The van der Waals surface area contributed by atoms with Crippen LogP contribution in [0.4, 0.5) is 22.9 Å². The monoisotopic (exact) mass is 354 g/mol. The summed E-state index contributed by atoms with van der Waals surface area (Å²) in [5.74, 6) is 0.598. The Labute approximate surface area is 156 Å². The van der Waals surface area contributed by atoms with E-state index in [9.17, 15) is 5.26 Å². The van der Waals surface area contributed by atoms with Crippen LogP contribution in [0.3, 0.4) is 0 Å². The van der Waals surface area contributed by atoms with E-state index in [0.717, 1.165) is 40.1 Å². The molecule has 27 heavy (non-hydrogen) atoms. The van der Waals surface area contributed by atoms with Crippen molar-refractivity contribution in [1.82, 2.24) is 15.0 Å². The second-order valence-electron chi connectivity index (χ2n) is 6.16. The highest BCUT2D eigenvalue weighted by molar-refractivity contribution is 5.83. The van der Waals surface area contributed by atoms with E-state index < -0.39 is 0 Å². The lowest BCUT2D eigenvalue weighted by Gasteiger charge is -2.11. The molecule has 0 amide bonds. The first-order chi connectivity index (χ1) is 13.2. The van der Waals surface area contributed by atoms with Crippen LogP contribution in [0.15, 0.2) is 60.9 Å². The standard InChI is InChI=1S/C21H18N6/c1-2-15-5-6-17(13-24-15)25-18-9-19(12-22)27-21(11-18)26-16-4-3-14-7-8-23-20(14)10-16/h3-11,13,23H,2H2,1H3,(H2,25,26,27). The predicted octanol–water partition coefficient (Wildman–Crippen LogP) is 4.88. The quantitative estimate of drug-likeness (QED) is 0.475. The molecule has 0 fully saturated rings. The zero-order chi connectivity index (χ0) is 18.6. The predicted molar refractivity (Wildman–Crippen MR) is 107 cm³/mol. The van der Waals surface area contributed by atoms with Crippen molar-refractivity contribution in [2.24, 2.45) is 0 Å². The van der Waals surface area contributed by atoms with Gasteiger partial charge in [0, 0.05) is 34.8 Å². The van der Waals surface area contributed by atoms with E-state index in [2.05, 4.69) is 38.6 Å². The van der Waals surface area contributed by atoms with Crippen molar-refractivity contribution in [1.29, 1.82) is 5.26 Å². The highest BCUT2D eigenvalue weighted by Crippen LogP contribution is 2.24. The lowest BCUT2D eigenvalue weighted by atomic mass is 10.2. The first-order valence-corrected chi connectivity index (χ1v) is 8.72. The van der Waals surface area contributed by atoms with Gasteiger partial charge in [0.25, 0.3) is 0 Å². The average Bonchev–Trinajstić information content (AvgIpc) is 3.16. The molecule has 4 rings (SSSR count). The molecule has 0 unspecified atom stereocenters. The summed E-state index contributed by atoms with van der Waals surface area (Å²) in [6.07, 6.45) is 4.59. The summed E-state index contributed by atoms with van der Waals surface area (Å²) in [5, 5.41) is 17.0. The molecule has 0 spiro atoms. The molecular formula is C21H18N6. The van der Waals surface area contributed by atoms with E-state index in [0.29, 0.717) is 11.5 Å². The molecule has 0 aliphatic heterocycles. The van der Waals surface area contributed by atoms with Gasteiger partial charge in [-0.2, -0.15) is 5.26 Å². The van der Waals surface area contributed by atoms with Gasteiger partial charge in [0.1, 0.15) is 17.6 Å². The Bertz CT molecular complexity index is 1120. The van der Waals surface area contributed by atoms with Gasteiger partial charge in [-0.3, -0.25) is 4.98 Å². The summed E-state index contributed by atoms with van der Waals surface area (Å²) in [7, 11) is 0. The zero-order valence-corrected chi connectivity index (χ0v) is 14.8. The fourth-order valence-electron chi connectivity index (χ4n) is 2.87. The number of fused-ring (bicyclic) bond motifs is 1. The SMILES string of the molecule is CCc1ccc(Nc2cc(C#N)nc(Nc3ccc4cc[nH]c4c3)c2)cn1. The minimum Gasteiger partial charge on any atom is -0.361 e. The number of nitriles is 1. The fourth-order valence-corrected chi connectivity index (χ4v) is 2.87. The number of anilines is 4. The summed E-state index contributed by atoms with van der Waals surface area (Å²) in [6.45, 7) is 2.07. The van der Waals surface area contributed by atoms with Crippen molar-refractivity contribution in [3.8, 4) is 6.07 Å². The molecule has 0 bridgehead atoms. The van der Waals surface area contributed by atoms with Crippen molar-refractivity contribution in [2.45, 2.75) is 13.3 Å². The third kappa shape index (κ3) is 3.72. The molecule has 0 radical (unpaired) electrons. The number of aromatic nitrogens is 3. The van der Waals surface area contributed by atoms with E-state index in [4.69, 9.17) is 0 Å². The Morgan fingerprint density at radius 1 is 1.00 bits per heavy atom. The average molecular weight is 354 g/mol. The maximum Gasteiger partial charge on any atom is 0.144 e. The Morgan fingerprint density at radius 2 is 1.89 bits per heavy atom. The van der Waals surface area contributed by atoms with Gasteiger partial charge >= 0.3 is 0 Å². The number of H-pyrrole nitrogens is 1. The molecule has 4 aromatic rings. The molecule has 1 aromatic carbocycles. The van der Waals surface area contributed by atoms with E-state index >= 15 is 0 Å². The minimum absolute atomic E-state index is 0.335. The van der Waals surface area contributed by atoms with Crippen molar-refractivity contribution < 1.29 is 0 Å². The van der Waals surface area contributed by atoms with Crippen molar-refractivity contribution in [3.05, 3.63) is 72.3 Å². The van der Waals surface area contributed by atoms with E-state index in [1.807, 2.05) is 48.7 Å². The van der Waals surface area contributed by atoms with Crippen LogP contribution in [-0.2, 0) is 6.42 Å². The van der Waals surface area contributed by atoms with Gasteiger partial charge in [-0.25, -0.2) is 4.98 Å². The Kier molecular flexibility index (Phi) is 4.42. The first kappa shape index (κ1) is 16.6. The molecule has 6 heteroatoms. The molecule has 132 valence electrons. The number of benzene rings is 1. The summed E-state index contributed by atoms with van der Waals surface area (Å²) >= 11 is 0. The van der Waals surface area contributed by atoms with Crippen molar-refractivity contribution in [2.75, 3.05) is 10.6 Å². The number of rotatable bonds is 5. The number of aromatic amines is 1. The molecule has 3 heterocycles. The Morgan fingerprint density at radius 3 is 2.67 bits per heavy atom. The smallest absolute Gasteiger partial charge is 0.144 e. The van der Waals surface area contributed by atoms with Crippen LogP contribution in [0, 0.1) is 11.3 Å². The van der Waals surface area contributed by atoms with Crippen LogP contribution in [0.5, 0.6) is 0 Å². The van der Waals surface area contributed by atoms with Gasteiger partial charge in [0.2, 0.25) is 0 Å². The molecule has 0 aliphatic carbocycles. The number of nitrogens with zero attached hydrogens (tertiary/aromatic N) is 3. The second kappa shape index (κ2) is 7.18. The molecule has 3 aromatic heterocycles. The first-order valence-electron chi connectivity index (χ1n) is 8.72.